The lowest BCUT2D eigenvalue weighted by Gasteiger charge is -2.16. The highest BCUT2D eigenvalue weighted by Crippen LogP contribution is 2.18. The molecule has 2 aromatic rings. The Bertz CT molecular complexity index is 638. The molecule has 6 heteroatoms. The van der Waals surface area contributed by atoms with Gasteiger partial charge in [0.2, 0.25) is 0 Å². The normalized spacial score (nSPS) is 10.7. The summed E-state index contributed by atoms with van der Waals surface area (Å²) in [6.45, 7) is 3.29. The predicted octanol–water partition coefficient (Wildman–Crippen LogP) is 2.13. The van der Waals surface area contributed by atoms with Gasteiger partial charge in [-0.05, 0) is 32.2 Å². The number of nitrogens with one attached hydrogen (secondary N) is 1. The summed E-state index contributed by atoms with van der Waals surface area (Å²) in [4.78, 5) is 14.1. The van der Waals surface area contributed by atoms with Gasteiger partial charge in [-0.3, -0.25) is 4.79 Å². The minimum absolute atomic E-state index is 0.0315. The van der Waals surface area contributed by atoms with E-state index in [9.17, 15) is 4.79 Å². The van der Waals surface area contributed by atoms with Crippen molar-refractivity contribution >= 4 is 17.5 Å². The second-order valence-electron chi connectivity index (χ2n) is 4.87. The molecular weight excluding hydrogens is 288 g/mol. The third-order valence-electron chi connectivity index (χ3n) is 3.34. The van der Waals surface area contributed by atoms with Gasteiger partial charge in [-0.15, -0.1) is 0 Å². The van der Waals surface area contributed by atoms with E-state index in [0.29, 0.717) is 17.1 Å². The molecule has 0 radical (unpaired) electrons. The van der Waals surface area contributed by atoms with E-state index in [1.165, 1.54) is 0 Å². The van der Waals surface area contributed by atoms with Crippen LogP contribution in [0.1, 0.15) is 16.1 Å². The molecule has 0 saturated heterocycles. The summed E-state index contributed by atoms with van der Waals surface area (Å²) in [5, 5.41) is 7.97. The van der Waals surface area contributed by atoms with Gasteiger partial charge in [0.25, 0.3) is 5.91 Å². The smallest absolute Gasteiger partial charge is 0.257 e. The number of likely N-dealkylation sites (N-methyl/N-ethyl adjacent to an activating group) is 2. The van der Waals surface area contributed by atoms with Gasteiger partial charge in [-0.25, -0.2) is 4.68 Å². The van der Waals surface area contributed by atoms with Gasteiger partial charge in [0, 0.05) is 25.2 Å². The fraction of sp³-hybridized carbons (Fsp3) is 0.333. The van der Waals surface area contributed by atoms with E-state index < -0.39 is 0 Å². The molecule has 1 N–H and O–H groups in total. The van der Waals surface area contributed by atoms with Crippen LogP contribution in [0.4, 0.5) is 0 Å². The highest BCUT2D eigenvalue weighted by atomic mass is 35.5. The number of hydrogen-bond acceptors (Lipinski definition) is 3. The number of benzene rings is 1. The molecule has 1 aromatic heterocycles. The van der Waals surface area contributed by atoms with Crippen LogP contribution in [0.15, 0.2) is 30.5 Å². The van der Waals surface area contributed by atoms with Crippen molar-refractivity contribution < 1.29 is 4.79 Å². The maximum Gasteiger partial charge on any atom is 0.257 e. The molecule has 2 rings (SSSR count). The van der Waals surface area contributed by atoms with Crippen LogP contribution in [0.2, 0.25) is 5.02 Å². The zero-order valence-corrected chi connectivity index (χ0v) is 13.2. The molecule has 0 saturated carbocycles. The maximum absolute atomic E-state index is 12.4. The molecular formula is C15H19ClN4O. The molecule has 1 amide bonds. The van der Waals surface area contributed by atoms with Crippen LogP contribution >= 0.6 is 11.6 Å². The molecule has 21 heavy (non-hydrogen) atoms. The monoisotopic (exact) mass is 306 g/mol. The summed E-state index contributed by atoms with van der Waals surface area (Å²) in [7, 11) is 3.65. The molecule has 1 heterocycles. The molecule has 0 spiro atoms. The number of rotatable bonds is 5. The van der Waals surface area contributed by atoms with E-state index in [-0.39, 0.29) is 5.91 Å². The van der Waals surface area contributed by atoms with Crippen LogP contribution in [0.3, 0.4) is 0 Å². The van der Waals surface area contributed by atoms with Crippen LogP contribution in [0.5, 0.6) is 0 Å². The molecule has 1 aromatic carbocycles. The average molecular weight is 307 g/mol. The number of aromatic nitrogens is 2. The topological polar surface area (TPSA) is 50.2 Å². The maximum atomic E-state index is 12.4. The van der Waals surface area contributed by atoms with Gasteiger partial charge >= 0.3 is 0 Å². The van der Waals surface area contributed by atoms with Gasteiger partial charge in [-0.1, -0.05) is 17.7 Å². The SMILES string of the molecule is CNCCN(C)C(=O)c1cnn(-c2cccc(Cl)c2)c1C. The second-order valence-corrected chi connectivity index (χ2v) is 5.30. The minimum Gasteiger partial charge on any atom is -0.340 e. The Kier molecular flexibility index (Phi) is 4.98. The lowest BCUT2D eigenvalue weighted by Crippen LogP contribution is -2.33. The number of carbonyl (C=O) groups excluding carboxylic acids is 1. The summed E-state index contributed by atoms with van der Waals surface area (Å²) in [5.74, 6) is -0.0315. The van der Waals surface area contributed by atoms with Crippen molar-refractivity contribution in [3.8, 4) is 5.69 Å². The van der Waals surface area contributed by atoms with Crippen LogP contribution in [0, 0.1) is 6.92 Å². The Morgan fingerprint density at radius 1 is 1.48 bits per heavy atom. The van der Waals surface area contributed by atoms with Gasteiger partial charge < -0.3 is 10.2 Å². The standard InChI is InChI=1S/C15H19ClN4O/c1-11-14(15(21)19(3)8-7-17-2)10-18-20(11)13-6-4-5-12(16)9-13/h4-6,9-10,17H,7-8H2,1-3H3. The number of amides is 1. The summed E-state index contributed by atoms with van der Waals surface area (Å²) < 4.78 is 1.73. The highest BCUT2D eigenvalue weighted by Gasteiger charge is 2.18. The third-order valence-corrected chi connectivity index (χ3v) is 3.57. The van der Waals surface area contributed by atoms with Crippen molar-refractivity contribution in [3.05, 3.63) is 46.7 Å². The van der Waals surface area contributed by atoms with Crippen molar-refractivity contribution in [1.82, 2.24) is 20.0 Å². The molecule has 0 atom stereocenters. The van der Waals surface area contributed by atoms with Crippen LogP contribution < -0.4 is 5.32 Å². The van der Waals surface area contributed by atoms with E-state index in [1.807, 2.05) is 38.2 Å². The van der Waals surface area contributed by atoms with Crippen molar-refractivity contribution in [2.75, 3.05) is 27.2 Å². The molecule has 0 bridgehead atoms. The lowest BCUT2D eigenvalue weighted by atomic mass is 10.2. The van der Waals surface area contributed by atoms with Crippen molar-refractivity contribution in [1.29, 1.82) is 0 Å². The Hall–Kier alpha value is -1.85. The van der Waals surface area contributed by atoms with E-state index >= 15 is 0 Å². The average Bonchev–Trinajstić information content (AvgIpc) is 2.85. The van der Waals surface area contributed by atoms with E-state index in [2.05, 4.69) is 10.4 Å². The summed E-state index contributed by atoms with van der Waals surface area (Å²) in [6, 6.07) is 7.40. The van der Waals surface area contributed by atoms with Crippen LogP contribution in [-0.4, -0.2) is 47.8 Å². The number of halogens is 1. The first-order chi connectivity index (χ1) is 10.0. The van der Waals surface area contributed by atoms with E-state index in [1.54, 1.807) is 22.8 Å². The number of nitrogens with zero attached hydrogens (tertiary/aromatic N) is 3. The van der Waals surface area contributed by atoms with Gasteiger partial charge in [0.05, 0.1) is 23.1 Å². The highest BCUT2D eigenvalue weighted by molar-refractivity contribution is 6.30. The Balaban J connectivity index is 2.26. The molecule has 0 aliphatic rings. The van der Waals surface area contributed by atoms with Crippen LogP contribution in [-0.2, 0) is 0 Å². The molecule has 0 aliphatic heterocycles. The first-order valence-electron chi connectivity index (χ1n) is 6.75. The first kappa shape index (κ1) is 15.5. The number of hydrogen-bond donors (Lipinski definition) is 1. The predicted molar refractivity (Wildman–Crippen MR) is 84.2 cm³/mol. The Labute approximate surface area is 129 Å². The zero-order valence-electron chi connectivity index (χ0n) is 12.4. The summed E-state index contributed by atoms with van der Waals surface area (Å²) in [6.07, 6.45) is 1.61. The van der Waals surface area contributed by atoms with Gasteiger partial charge in [-0.2, -0.15) is 5.10 Å². The molecule has 112 valence electrons. The third kappa shape index (κ3) is 3.43. The largest absolute Gasteiger partial charge is 0.340 e. The minimum atomic E-state index is -0.0315. The zero-order chi connectivity index (χ0) is 15.4. The van der Waals surface area contributed by atoms with Crippen LogP contribution in [0.25, 0.3) is 5.69 Å². The molecule has 5 nitrogen and oxygen atoms in total. The molecule has 0 aliphatic carbocycles. The summed E-state index contributed by atoms with van der Waals surface area (Å²) in [5.41, 5.74) is 2.25. The van der Waals surface area contributed by atoms with Gasteiger partial charge in [0.15, 0.2) is 0 Å². The summed E-state index contributed by atoms with van der Waals surface area (Å²) >= 11 is 6.00. The molecule has 0 unspecified atom stereocenters. The Morgan fingerprint density at radius 2 is 2.24 bits per heavy atom. The van der Waals surface area contributed by atoms with Crippen molar-refractivity contribution in [2.45, 2.75) is 6.92 Å². The van der Waals surface area contributed by atoms with Crippen molar-refractivity contribution in [3.63, 3.8) is 0 Å². The first-order valence-corrected chi connectivity index (χ1v) is 7.13. The quantitative estimate of drug-likeness (QED) is 0.920. The van der Waals surface area contributed by atoms with Crippen molar-refractivity contribution in [2.24, 2.45) is 0 Å². The van der Waals surface area contributed by atoms with E-state index in [4.69, 9.17) is 11.6 Å². The fourth-order valence-corrected chi connectivity index (χ4v) is 2.26. The Morgan fingerprint density at radius 3 is 2.90 bits per heavy atom. The number of carbonyl (C=O) groups is 1. The lowest BCUT2D eigenvalue weighted by molar-refractivity contribution is 0.0796. The molecule has 0 fully saturated rings. The second kappa shape index (κ2) is 6.74. The van der Waals surface area contributed by atoms with Gasteiger partial charge in [0.1, 0.15) is 0 Å². The van der Waals surface area contributed by atoms with E-state index in [0.717, 1.165) is 17.9 Å². The fourth-order valence-electron chi connectivity index (χ4n) is 2.07.